The third-order valence-corrected chi connectivity index (χ3v) is 9.96. The van der Waals surface area contributed by atoms with Gasteiger partial charge in [-0.25, -0.2) is 31.2 Å². The van der Waals surface area contributed by atoms with Crippen molar-refractivity contribution in [1.29, 1.82) is 0 Å². The molecule has 1 atom stereocenters. The van der Waals surface area contributed by atoms with Gasteiger partial charge in [0.05, 0.1) is 26.6 Å². The van der Waals surface area contributed by atoms with Crippen LogP contribution in [0.4, 0.5) is 11.4 Å². The summed E-state index contributed by atoms with van der Waals surface area (Å²) >= 11 is 0. The Morgan fingerprint density at radius 1 is 0.609 bits per heavy atom. The Morgan fingerprint density at radius 3 is 1.41 bits per heavy atom. The van der Waals surface area contributed by atoms with E-state index in [1.807, 2.05) is 0 Å². The molecule has 0 aromatic heterocycles. The number of benzene rings is 4. The van der Waals surface area contributed by atoms with Crippen LogP contribution in [0.2, 0.25) is 0 Å². The molecule has 231 valence electrons. The van der Waals surface area contributed by atoms with Gasteiger partial charge in [-0.05, 0) is 80.8 Å². The Bertz CT molecular complexity index is 1980. The summed E-state index contributed by atoms with van der Waals surface area (Å²) < 4.78 is 51.2. The second-order valence-corrected chi connectivity index (χ2v) is 13.3. The van der Waals surface area contributed by atoms with Crippen molar-refractivity contribution >= 4 is 57.6 Å². The molecule has 12 nitrogen and oxygen atoms in total. The monoisotopic (exact) mass is 669 g/mol. The van der Waals surface area contributed by atoms with Gasteiger partial charge in [-0.1, -0.05) is 30.3 Å². The fourth-order valence-corrected chi connectivity index (χ4v) is 6.24. The zero-order valence-corrected chi connectivity index (χ0v) is 28.5. The summed E-state index contributed by atoms with van der Waals surface area (Å²) in [5, 5.41) is 10.3. The van der Waals surface area contributed by atoms with E-state index in [-0.39, 0.29) is 55.1 Å². The van der Waals surface area contributed by atoms with Gasteiger partial charge in [0.2, 0.25) is 20.0 Å². The number of carbonyl (C=O) groups is 3. The summed E-state index contributed by atoms with van der Waals surface area (Å²) in [6.07, 6.45) is -1.07. The number of aliphatic hydroxyl groups excluding tert-OH is 1. The topological polar surface area (TPSA) is 170 Å². The van der Waals surface area contributed by atoms with Crippen LogP contribution in [0.5, 0.6) is 0 Å². The molecule has 4 aromatic rings. The summed E-state index contributed by atoms with van der Waals surface area (Å²) in [7, 11) is -4.45. The van der Waals surface area contributed by atoms with E-state index in [9.17, 15) is 36.3 Å². The number of nitrogens with one attached hydrogen (secondary N) is 2. The molecule has 16 heteroatoms. The second kappa shape index (κ2) is 14.4. The average molecular weight is 670 g/mol. The molecule has 0 aliphatic carbocycles. The fourth-order valence-electron chi connectivity index (χ4n) is 4.78. The van der Waals surface area contributed by atoms with Crippen molar-refractivity contribution < 1.29 is 67.3 Å². The van der Waals surface area contributed by atoms with E-state index >= 15 is 0 Å². The molecule has 3 N–H and O–H groups in total. The van der Waals surface area contributed by atoms with Gasteiger partial charge in [-0.3, -0.25) is 19.3 Å². The minimum Gasteiger partial charge on any atom is -1.00 e. The van der Waals surface area contributed by atoms with Crippen molar-refractivity contribution in [3.63, 3.8) is 0 Å². The van der Waals surface area contributed by atoms with Crippen molar-refractivity contribution in [3.05, 3.63) is 119 Å². The molecule has 1 unspecified atom stereocenters. The molecule has 46 heavy (non-hydrogen) atoms. The molecule has 3 radical (unpaired) electrons. The molecule has 3 amide bonds. The first-order chi connectivity index (χ1) is 20.9. The van der Waals surface area contributed by atoms with Crippen LogP contribution in [0, 0.1) is 0 Å². The second-order valence-electron chi connectivity index (χ2n) is 9.53. The maximum Gasteiger partial charge on any atom is 1.00 e. The number of sulfonamides is 2. The molecule has 2 aliphatic rings. The van der Waals surface area contributed by atoms with Crippen LogP contribution in [0.25, 0.3) is 0 Å². The van der Waals surface area contributed by atoms with Gasteiger partial charge in [0, 0.05) is 25.2 Å². The predicted octanol–water partition coefficient (Wildman–Crippen LogP) is -0.623. The third-order valence-electron chi connectivity index (χ3n) is 7.09. The van der Waals surface area contributed by atoms with Crippen LogP contribution in [-0.2, 0) is 20.0 Å². The van der Waals surface area contributed by atoms with E-state index in [1.165, 1.54) is 67.5 Å². The maximum absolute atomic E-state index is 12.4. The first kappa shape index (κ1) is 36.8. The summed E-state index contributed by atoms with van der Waals surface area (Å²) in [6.45, 7) is 0. The smallest absolute Gasteiger partial charge is 1.00 e. The standard InChI is InChI=1S/C15H14N2O4S.C15H12N2O4S.B.Na.H/c2*1-16-22(20,21)11-8-6-10(7-9-11)17-14(18)12-4-2-3-5-13(12)15(17)19;;;/h2-9,14,16,18H,1H3;2-9,16H,1H3;;;/q;;;+1;-1. The Labute approximate surface area is 291 Å². The number of hydrogen-bond donors (Lipinski definition) is 3. The van der Waals surface area contributed by atoms with Crippen molar-refractivity contribution in [2.24, 2.45) is 0 Å². The van der Waals surface area contributed by atoms with Gasteiger partial charge in [0.25, 0.3) is 17.7 Å². The normalized spacial score (nSPS) is 15.3. The number of amides is 3. The molecule has 2 aliphatic heterocycles. The van der Waals surface area contributed by atoms with Gasteiger partial charge >= 0.3 is 29.6 Å². The Hall–Kier alpha value is -3.67. The number of imide groups is 1. The summed E-state index contributed by atoms with van der Waals surface area (Å²) in [5.41, 5.74) is 2.45. The summed E-state index contributed by atoms with van der Waals surface area (Å²) in [5.74, 6) is -1.14. The summed E-state index contributed by atoms with van der Waals surface area (Å²) in [4.78, 5) is 39.5. The van der Waals surface area contributed by atoms with Crippen LogP contribution in [0.3, 0.4) is 0 Å². The molecule has 0 bridgehead atoms. The number of rotatable bonds is 6. The van der Waals surface area contributed by atoms with Gasteiger partial charge < -0.3 is 6.53 Å². The van der Waals surface area contributed by atoms with Crippen LogP contribution in [-0.4, -0.2) is 62.2 Å². The van der Waals surface area contributed by atoms with Crippen molar-refractivity contribution in [2.45, 2.75) is 16.0 Å². The van der Waals surface area contributed by atoms with E-state index < -0.39 is 38.1 Å². The molecule has 4 aromatic carbocycles. The molecule has 0 fully saturated rings. The number of aliphatic hydroxyl groups is 1. The van der Waals surface area contributed by atoms with Gasteiger partial charge in [0.1, 0.15) is 0 Å². The zero-order valence-electron chi connectivity index (χ0n) is 25.9. The summed E-state index contributed by atoms with van der Waals surface area (Å²) in [6, 6.07) is 24.8. The van der Waals surface area contributed by atoms with Crippen LogP contribution < -0.4 is 48.8 Å². The predicted molar refractivity (Wildman–Crippen MR) is 168 cm³/mol. The SMILES string of the molecule is CNS(=O)(=O)c1ccc(N2C(=O)c3ccccc3C2=O)cc1.CNS(=O)(=O)c1ccc(N2C(=O)c3ccccc3C2O)cc1.[B].[H-].[Na+]. The first-order valence-electron chi connectivity index (χ1n) is 13.1. The van der Waals surface area contributed by atoms with E-state index in [1.54, 1.807) is 48.5 Å². The molecule has 6 rings (SSSR count). The van der Waals surface area contributed by atoms with Crippen molar-refractivity contribution in [3.8, 4) is 0 Å². The molecule has 0 saturated carbocycles. The number of nitrogens with zero attached hydrogens (tertiary/aromatic N) is 2. The quantitative estimate of drug-likeness (QED) is 0.180. The fraction of sp³-hybridized carbons (Fsp3) is 0.100. The van der Waals surface area contributed by atoms with Crippen molar-refractivity contribution in [1.82, 2.24) is 9.44 Å². The van der Waals surface area contributed by atoms with E-state index in [2.05, 4.69) is 9.44 Å². The van der Waals surface area contributed by atoms with Gasteiger partial charge in [-0.15, -0.1) is 0 Å². The van der Waals surface area contributed by atoms with Crippen LogP contribution in [0.15, 0.2) is 107 Å². The largest absolute Gasteiger partial charge is 1.00 e. The van der Waals surface area contributed by atoms with Crippen LogP contribution in [0.1, 0.15) is 44.3 Å². The third kappa shape index (κ3) is 6.72. The van der Waals surface area contributed by atoms with E-state index in [0.29, 0.717) is 33.6 Å². The minimum atomic E-state index is -3.56. The average Bonchev–Trinajstić information content (AvgIpc) is 3.45. The van der Waals surface area contributed by atoms with E-state index in [0.717, 1.165) is 4.90 Å². The van der Waals surface area contributed by atoms with Gasteiger partial charge in [0.15, 0.2) is 6.23 Å². The maximum atomic E-state index is 12.4. The number of carbonyl (C=O) groups excluding carboxylic acids is 3. The number of hydrogen-bond acceptors (Lipinski definition) is 8. The Balaban J connectivity index is 0.000000307. The number of fused-ring (bicyclic) bond motifs is 2. The minimum absolute atomic E-state index is 0. The van der Waals surface area contributed by atoms with Gasteiger partial charge in [-0.2, -0.15) is 0 Å². The first-order valence-corrected chi connectivity index (χ1v) is 16.0. The van der Waals surface area contributed by atoms with E-state index in [4.69, 9.17) is 0 Å². The molecular formula is C30H27BN4NaO8S2. The Morgan fingerprint density at radius 2 is 1.00 bits per heavy atom. The Kier molecular flexibility index (Phi) is 11.5. The molecule has 0 spiro atoms. The van der Waals surface area contributed by atoms with Crippen LogP contribution >= 0.6 is 0 Å². The number of anilines is 2. The zero-order chi connectivity index (χ0) is 31.8. The molecular weight excluding hydrogens is 642 g/mol. The molecule has 0 saturated heterocycles. The molecule has 2 heterocycles. The van der Waals surface area contributed by atoms with Crippen molar-refractivity contribution in [2.75, 3.05) is 23.9 Å².